The van der Waals surface area contributed by atoms with Gasteiger partial charge in [0, 0.05) is 24.6 Å². The van der Waals surface area contributed by atoms with Crippen molar-refractivity contribution in [3.63, 3.8) is 0 Å². The molecular weight excluding hydrogens is 243 g/mol. The summed E-state index contributed by atoms with van der Waals surface area (Å²) in [6.45, 7) is 1.86. The zero-order valence-electron chi connectivity index (χ0n) is 7.28. The Hall–Kier alpha value is -0.260. The highest BCUT2D eigenvalue weighted by atomic mass is 35.5. The van der Waals surface area contributed by atoms with E-state index >= 15 is 0 Å². The topological polar surface area (TPSA) is 41.9 Å². The van der Waals surface area contributed by atoms with Crippen LogP contribution in [0.2, 0.25) is 10.4 Å². The van der Waals surface area contributed by atoms with Crippen LogP contribution in [0, 0.1) is 0 Å². The monoisotopic (exact) mass is 250 g/mol. The van der Waals surface area contributed by atoms with E-state index in [-0.39, 0.29) is 5.28 Å². The molecule has 1 fully saturated rings. The highest BCUT2D eigenvalue weighted by molar-refractivity contribution is 7.99. The van der Waals surface area contributed by atoms with Crippen molar-refractivity contribution < 1.29 is 0 Å². The van der Waals surface area contributed by atoms with Gasteiger partial charge in [0.2, 0.25) is 5.28 Å². The number of thioether (sulfide) groups is 1. The van der Waals surface area contributed by atoms with E-state index in [2.05, 4.69) is 20.1 Å². The summed E-state index contributed by atoms with van der Waals surface area (Å²) in [6, 6.07) is 0. The minimum Gasteiger partial charge on any atom is -0.352 e. The lowest BCUT2D eigenvalue weighted by Gasteiger charge is -2.27. The maximum Gasteiger partial charge on any atom is 0.245 e. The Morgan fingerprint density at radius 1 is 1.14 bits per heavy atom. The van der Waals surface area contributed by atoms with E-state index in [1.807, 2.05) is 11.8 Å². The summed E-state index contributed by atoms with van der Waals surface area (Å²) >= 11 is 13.5. The lowest BCUT2D eigenvalue weighted by atomic mass is 10.5. The van der Waals surface area contributed by atoms with Crippen LogP contribution in [-0.4, -0.2) is 39.8 Å². The molecule has 0 unspecified atom stereocenters. The van der Waals surface area contributed by atoms with Crippen molar-refractivity contribution in [1.82, 2.24) is 15.2 Å². The fourth-order valence-electron chi connectivity index (χ4n) is 1.26. The molecule has 0 spiro atoms. The van der Waals surface area contributed by atoms with Gasteiger partial charge < -0.3 is 4.90 Å². The fraction of sp³-hybridized carbons (Fsp3) is 0.571. The second kappa shape index (κ2) is 4.51. The van der Waals surface area contributed by atoms with Crippen molar-refractivity contribution in [3.8, 4) is 0 Å². The van der Waals surface area contributed by atoms with Gasteiger partial charge in [0.1, 0.15) is 0 Å². The zero-order valence-corrected chi connectivity index (χ0v) is 9.61. The number of aromatic nitrogens is 3. The number of halogens is 2. The van der Waals surface area contributed by atoms with Crippen LogP contribution < -0.4 is 4.90 Å². The van der Waals surface area contributed by atoms with Crippen molar-refractivity contribution in [3.05, 3.63) is 10.4 Å². The highest BCUT2D eigenvalue weighted by Gasteiger charge is 2.17. The molecule has 4 nitrogen and oxygen atoms in total. The molecule has 0 saturated carbocycles. The third-order valence-electron chi connectivity index (χ3n) is 1.91. The van der Waals surface area contributed by atoms with Crippen LogP contribution in [0.25, 0.3) is 0 Å². The molecular formula is C7H8Cl2N4S. The summed E-state index contributed by atoms with van der Waals surface area (Å²) in [6.07, 6.45) is 0. The van der Waals surface area contributed by atoms with Gasteiger partial charge in [-0.3, -0.25) is 0 Å². The van der Waals surface area contributed by atoms with Gasteiger partial charge in [-0.05, 0) is 11.6 Å². The molecule has 0 aliphatic carbocycles. The molecule has 0 radical (unpaired) electrons. The van der Waals surface area contributed by atoms with E-state index < -0.39 is 0 Å². The highest BCUT2D eigenvalue weighted by Crippen LogP contribution is 2.23. The Kier molecular flexibility index (Phi) is 3.30. The first-order valence-electron chi connectivity index (χ1n) is 4.16. The van der Waals surface area contributed by atoms with Crippen LogP contribution in [0.5, 0.6) is 0 Å². The smallest absolute Gasteiger partial charge is 0.245 e. The Bertz CT molecular complexity index is 329. The molecule has 0 bridgehead atoms. The van der Waals surface area contributed by atoms with E-state index in [0.717, 1.165) is 24.6 Å². The largest absolute Gasteiger partial charge is 0.352 e. The first kappa shape index (κ1) is 10.3. The zero-order chi connectivity index (χ0) is 9.97. The first-order valence-corrected chi connectivity index (χ1v) is 6.07. The lowest BCUT2D eigenvalue weighted by molar-refractivity contribution is 0.818. The average molecular weight is 251 g/mol. The molecule has 0 N–H and O–H groups in total. The third kappa shape index (κ3) is 2.21. The Morgan fingerprint density at radius 2 is 1.86 bits per heavy atom. The van der Waals surface area contributed by atoms with Crippen LogP contribution in [0.15, 0.2) is 0 Å². The van der Waals surface area contributed by atoms with Crippen LogP contribution in [-0.2, 0) is 0 Å². The predicted molar refractivity (Wildman–Crippen MR) is 59.4 cm³/mol. The minimum atomic E-state index is 0.141. The molecule has 1 aromatic rings. The fourth-order valence-corrected chi connectivity index (χ4v) is 2.48. The molecule has 1 aliphatic rings. The van der Waals surface area contributed by atoms with Crippen LogP contribution in [0.1, 0.15) is 0 Å². The van der Waals surface area contributed by atoms with Crippen molar-refractivity contribution in [2.75, 3.05) is 29.5 Å². The lowest BCUT2D eigenvalue weighted by Crippen LogP contribution is -2.33. The van der Waals surface area contributed by atoms with Crippen LogP contribution in [0.3, 0.4) is 0 Å². The number of nitrogens with zero attached hydrogens (tertiary/aromatic N) is 4. The molecule has 1 aromatic heterocycles. The van der Waals surface area contributed by atoms with Crippen molar-refractivity contribution in [1.29, 1.82) is 0 Å². The second-order valence-electron chi connectivity index (χ2n) is 2.79. The maximum absolute atomic E-state index is 5.89. The summed E-state index contributed by atoms with van der Waals surface area (Å²) in [5.41, 5.74) is 0. The van der Waals surface area contributed by atoms with Gasteiger partial charge >= 0.3 is 0 Å². The standard InChI is InChI=1S/C7H8Cl2N4S/c8-5-6(10-7(9)12-11-5)13-1-3-14-4-2-13/h1-4H2. The van der Waals surface area contributed by atoms with E-state index in [1.54, 1.807) is 0 Å². The quantitative estimate of drug-likeness (QED) is 0.760. The van der Waals surface area contributed by atoms with Gasteiger partial charge in [0.15, 0.2) is 11.0 Å². The summed E-state index contributed by atoms with van der Waals surface area (Å²) in [5, 5.41) is 7.76. The normalized spacial score (nSPS) is 17.1. The van der Waals surface area contributed by atoms with Crippen molar-refractivity contribution in [2.45, 2.75) is 0 Å². The maximum atomic E-state index is 5.89. The Morgan fingerprint density at radius 3 is 2.57 bits per heavy atom. The van der Waals surface area contributed by atoms with E-state index in [4.69, 9.17) is 23.2 Å². The van der Waals surface area contributed by atoms with Gasteiger partial charge in [-0.1, -0.05) is 11.6 Å². The summed E-state index contributed by atoms with van der Waals surface area (Å²) in [4.78, 5) is 6.16. The average Bonchev–Trinajstić information content (AvgIpc) is 2.23. The molecule has 0 aromatic carbocycles. The number of anilines is 1. The molecule has 1 aliphatic heterocycles. The molecule has 0 atom stereocenters. The SMILES string of the molecule is Clc1nnc(Cl)c(N2CCSCC2)n1. The molecule has 0 amide bonds. The van der Waals surface area contributed by atoms with E-state index in [0.29, 0.717) is 11.0 Å². The molecule has 14 heavy (non-hydrogen) atoms. The number of hydrogen-bond acceptors (Lipinski definition) is 5. The third-order valence-corrected chi connectivity index (χ3v) is 3.26. The molecule has 1 saturated heterocycles. The summed E-state index contributed by atoms with van der Waals surface area (Å²) < 4.78 is 0. The van der Waals surface area contributed by atoms with Crippen molar-refractivity contribution >= 4 is 40.8 Å². The first-order chi connectivity index (χ1) is 6.77. The Labute approximate surface area is 96.0 Å². The number of hydrogen-bond donors (Lipinski definition) is 0. The van der Waals surface area contributed by atoms with E-state index in [9.17, 15) is 0 Å². The van der Waals surface area contributed by atoms with Crippen LogP contribution in [0.4, 0.5) is 5.82 Å². The minimum absolute atomic E-state index is 0.141. The van der Waals surface area contributed by atoms with Gasteiger partial charge in [0.05, 0.1) is 0 Å². The number of rotatable bonds is 1. The molecule has 76 valence electrons. The van der Waals surface area contributed by atoms with Gasteiger partial charge in [-0.25, -0.2) is 0 Å². The molecule has 7 heteroatoms. The molecule has 2 heterocycles. The summed E-state index contributed by atoms with van der Waals surface area (Å²) in [5.74, 6) is 2.81. The van der Waals surface area contributed by atoms with Gasteiger partial charge in [0.25, 0.3) is 0 Å². The van der Waals surface area contributed by atoms with Crippen LogP contribution >= 0.6 is 35.0 Å². The van der Waals surface area contributed by atoms with E-state index in [1.165, 1.54) is 0 Å². The van der Waals surface area contributed by atoms with Gasteiger partial charge in [-0.2, -0.15) is 16.7 Å². The Balaban J connectivity index is 2.24. The predicted octanol–water partition coefficient (Wildman–Crippen LogP) is 1.73. The van der Waals surface area contributed by atoms with Crippen molar-refractivity contribution in [2.24, 2.45) is 0 Å². The molecule has 2 rings (SSSR count). The second-order valence-corrected chi connectivity index (χ2v) is 4.72. The summed E-state index contributed by atoms with van der Waals surface area (Å²) in [7, 11) is 0. The van der Waals surface area contributed by atoms with Gasteiger partial charge in [-0.15, -0.1) is 10.2 Å².